The van der Waals surface area contributed by atoms with Crippen molar-refractivity contribution in [1.29, 1.82) is 0 Å². The number of ether oxygens (including phenoxy) is 2. The number of hydrogen-bond acceptors (Lipinski definition) is 3. The lowest BCUT2D eigenvalue weighted by molar-refractivity contribution is -0.121. The minimum atomic E-state index is -0.282. The van der Waals surface area contributed by atoms with Gasteiger partial charge in [0.1, 0.15) is 19.0 Å². The highest BCUT2D eigenvalue weighted by Crippen LogP contribution is 2.31. The first-order chi connectivity index (χ1) is 11.6. The number of fused-ring (bicyclic) bond motifs is 1. The Morgan fingerprint density at radius 2 is 1.83 bits per heavy atom. The third-order valence-corrected chi connectivity index (χ3v) is 3.99. The maximum Gasteiger partial charge on any atom is 0.220 e. The Hall–Kier alpha value is -2.56. The van der Waals surface area contributed by atoms with Crippen molar-refractivity contribution >= 4 is 5.91 Å². The Bertz CT molecular complexity index is 715. The topological polar surface area (TPSA) is 47.6 Å². The van der Waals surface area contributed by atoms with Gasteiger partial charge in [-0.1, -0.05) is 18.2 Å². The van der Waals surface area contributed by atoms with Crippen LogP contribution in [0, 0.1) is 5.82 Å². The predicted octanol–water partition coefficient (Wildman–Crippen LogP) is 3.41. The van der Waals surface area contributed by atoms with Crippen LogP contribution in [0.25, 0.3) is 0 Å². The molecule has 1 aliphatic heterocycles. The molecule has 5 heteroatoms. The summed E-state index contributed by atoms with van der Waals surface area (Å²) < 4.78 is 24.0. The van der Waals surface area contributed by atoms with Gasteiger partial charge in [0, 0.05) is 6.42 Å². The zero-order valence-corrected chi connectivity index (χ0v) is 13.5. The number of nitrogens with one attached hydrogen (secondary N) is 1. The summed E-state index contributed by atoms with van der Waals surface area (Å²) >= 11 is 0. The number of benzene rings is 2. The molecule has 2 aromatic carbocycles. The Kier molecular flexibility index (Phi) is 4.99. The molecule has 2 aromatic rings. The summed E-state index contributed by atoms with van der Waals surface area (Å²) in [5.41, 5.74) is 1.91. The molecular weight excluding hydrogens is 309 g/mol. The van der Waals surface area contributed by atoms with E-state index in [1.807, 2.05) is 25.1 Å². The van der Waals surface area contributed by atoms with Crippen LogP contribution in [0.3, 0.4) is 0 Å². The summed E-state index contributed by atoms with van der Waals surface area (Å²) in [5, 5.41) is 2.93. The van der Waals surface area contributed by atoms with Crippen molar-refractivity contribution in [3.05, 3.63) is 59.4 Å². The number of aryl methyl sites for hydroxylation is 1. The summed E-state index contributed by atoms with van der Waals surface area (Å²) in [7, 11) is 0. The van der Waals surface area contributed by atoms with E-state index in [2.05, 4.69) is 5.32 Å². The fraction of sp³-hybridized carbons (Fsp3) is 0.316. The van der Waals surface area contributed by atoms with Crippen LogP contribution in [-0.2, 0) is 11.2 Å². The molecule has 3 rings (SSSR count). The fourth-order valence-corrected chi connectivity index (χ4v) is 2.65. The molecule has 24 heavy (non-hydrogen) atoms. The Labute approximate surface area is 140 Å². The van der Waals surface area contributed by atoms with Crippen LogP contribution in [0.1, 0.15) is 30.5 Å². The van der Waals surface area contributed by atoms with Gasteiger partial charge in [-0.05, 0) is 48.7 Å². The van der Waals surface area contributed by atoms with Gasteiger partial charge in [0.05, 0.1) is 6.04 Å². The molecule has 4 nitrogen and oxygen atoms in total. The van der Waals surface area contributed by atoms with Gasteiger partial charge in [0.2, 0.25) is 5.91 Å². The molecular formula is C19H20FNO3. The average Bonchev–Trinajstić information content (AvgIpc) is 2.60. The lowest BCUT2D eigenvalue weighted by atomic mass is 10.1. The maximum atomic E-state index is 12.9. The number of amides is 1. The van der Waals surface area contributed by atoms with Crippen LogP contribution in [-0.4, -0.2) is 19.1 Å². The van der Waals surface area contributed by atoms with Crippen molar-refractivity contribution in [1.82, 2.24) is 5.32 Å². The molecule has 0 spiro atoms. The number of carbonyl (C=O) groups is 1. The van der Waals surface area contributed by atoms with Crippen molar-refractivity contribution in [2.24, 2.45) is 0 Å². The summed E-state index contributed by atoms with van der Waals surface area (Å²) in [4.78, 5) is 12.1. The Morgan fingerprint density at radius 1 is 1.12 bits per heavy atom. The van der Waals surface area contributed by atoms with Gasteiger partial charge < -0.3 is 14.8 Å². The largest absolute Gasteiger partial charge is 0.486 e. The van der Waals surface area contributed by atoms with Gasteiger partial charge in [-0.3, -0.25) is 4.79 Å². The standard InChI is InChI=1S/C19H20FNO3/c1-13(15-4-6-16(20)7-5-15)21-19(22)9-3-14-2-8-17-18(12-14)24-11-10-23-17/h2,4-8,12-13H,3,9-11H2,1H3,(H,21,22)/t13-/m1/s1. The molecule has 1 amide bonds. The van der Waals surface area contributed by atoms with E-state index in [0.717, 1.165) is 22.6 Å². The van der Waals surface area contributed by atoms with E-state index >= 15 is 0 Å². The van der Waals surface area contributed by atoms with Crippen molar-refractivity contribution in [3.8, 4) is 11.5 Å². The summed E-state index contributed by atoms with van der Waals surface area (Å²) in [6.07, 6.45) is 1.00. The molecule has 1 atom stereocenters. The van der Waals surface area contributed by atoms with Crippen LogP contribution < -0.4 is 14.8 Å². The summed E-state index contributed by atoms with van der Waals surface area (Å²) in [6, 6.07) is 11.7. The van der Waals surface area contributed by atoms with Gasteiger partial charge >= 0.3 is 0 Å². The molecule has 0 saturated carbocycles. The summed E-state index contributed by atoms with van der Waals surface area (Å²) in [5.74, 6) is 1.16. The van der Waals surface area contributed by atoms with Crippen LogP contribution >= 0.6 is 0 Å². The number of rotatable bonds is 5. The first-order valence-corrected chi connectivity index (χ1v) is 8.05. The van der Waals surface area contributed by atoms with Crippen molar-refractivity contribution in [3.63, 3.8) is 0 Å². The Morgan fingerprint density at radius 3 is 2.58 bits per heavy atom. The Balaban J connectivity index is 1.52. The number of carbonyl (C=O) groups excluding carboxylic acids is 1. The molecule has 0 bridgehead atoms. The van der Waals surface area contributed by atoms with Crippen LogP contribution in [0.15, 0.2) is 42.5 Å². The summed E-state index contributed by atoms with van der Waals surface area (Å²) in [6.45, 7) is 3.00. The minimum Gasteiger partial charge on any atom is -0.486 e. The lowest BCUT2D eigenvalue weighted by Crippen LogP contribution is -2.26. The van der Waals surface area contributed by atoms with E-state index < -0.39 is 0 Å². The third-order valence-electron chi connectivity index (χ3n) is 3.99. The van der Waals surface area contributed by atoms with E-state index in [1.165, 1.54) is 12.1 Å². The van der Waals surface area contributed by atoms with Crippen molar-refractivity contribution in [2.75, 3.05) is 13.2 Å². The maximum absolute atomic E-state index is 12.9. The van der Waals surface area contributed by atoms with Gasteiger partial charge in [-0.15, -0.1) is 0 Å². The van der Waals surface area contributed by atoms with Crippen LogP contribution in [0.2, 0.25) is 0 Å². The van der Waals surface area contributed by atoms with Gasteiger partial charge in [-0.2, -0.15) is 0 Å². The van der Waals surface area contributed by atoms with Gasteiger partial charge in [-0.25, -0.2) is 4.39 Å². The second-order valence-electron chi connectivity index (χ2n) is 5.82. The molecule has 1 N–H and O–H groups in total. The van der Waals surface area contributed by atoms with E-state index in [9.17, 15) is 9.18 Å². The molecule has 1 aliphatic rings. The highest BCUT2D eigenvalue weighted by atomic mass is 19.1. The number of hydrogen-bond donors (Lipinski definition) is 1. The molecule has 0 fully saturated rings. The molecule has 0 aromatic heterocycles. The SMILES string of the molecule is C[C@@H](NC(=O)CCc1ccc2c(c1)OCCO2)c1ccc(F)cc1. The van der Waals surface area contributed by atoms with Gasteiger partial charge in [0.25, 0.3) is 0 Å². The van der Waals surface area contributed by atoms with Crippen LogP contribution in [0.4, 0.5) is 4.39 Å². The smallest absolute Gasteiger partial charge is 0.220 e. The molecule has 0 radical (unpaired) electrons. The molecule has 0 saturated heterocycles. The zero-order chi connectivity index (χ0) is 16.9. The highest BCUT2D eigenvalue weighted by molar-refractivity contribution is 5.76. The minimum absolute atomic E-state index is 0.0401. The molecule has 1 heterocycles. The molecule has 0 unspecified atom stereocenters. The van der Waals surface area contributed by atoms with E-state index in [0.29, 0.717) is 26.1 Å². The van der Waals surface area contributed by atoms with Gasteiger partial charge in [0.15, 0.2) is 11.5 Å². The zero-order valence-electron chi connectivity index (χ0n) is 13.5. The van der Waals surface area contributed by atoms with E-state index in [1.54, 1.807) is 12.1 Å². The monoisotopic (exact) mass is 329 g/mol. The third kappa shape index (κ3) is 4.04. The second kappa shape index (κ2) is 7.34. The second-order valence-corrected chi connectivity index (χ2v) is 5.82. The van der Waals surface area contributed by atoms with Crippen LogP contribution in [0.5, 0.6) is 11.5 Å². The normalized spacial score (nSPS) is 14.1. The molecule has 126 valence electrons. The molecule has 0 aliphatic carbocycles. The first kappa shape index (κ1) is 16.3. The van der Waals surface area contributed by atoms with Crippen molar-refractivity contribution < 1.29 is 18.7 Å². The average molecular weight is 329 g/mol. The highest BCUT2D eigenvalue weighted by Gasteiger charge is 2.13. The first-order valence-electron chi connectivity index (χ1n) is 8.05. The van der Waals surface area contributed by atoms with E-state index in [-0.39, 0.29) is 17.8 Å². The quantitative estimate of drug-likeness (QED) is 0.914. The predicted molar refractivity (Wildman–Crippen MR) is 88.7 cm³/mol. The lowest BCUT2D eigenvalue weighted by Gasteiger charge is -2.19. The number of halogens is 1. The van der Waals surface area contributed by atoms with E-state index in [4.69, 9.17) is 9.47 Å². The van der Waals surface area contributed by atoms with Crippen molar-refractivity contribution in [2.45, 2.75) is 25.8 Å². The fourth-order valence-electron chi connectivity index (χ4n) is 2.65.